The number of hydrogen-bond acceptors (Lipinski definition) is 4. The van der Waals surface area contributed by atoms with Crippen LogP contribution in [0.5, 0.6) is 5.75 Å². The van der Waals surface area contributed by atoms with Crippen LogP contribution in [-0.4, -0.2) is 17.2 Å². The lowest BCUT2D eigenvalue weighted by molar-refractivity contribution is -0.122. The van der Waals surface area contributed by atoms with Crippen molar-refractivity contribution in [2.24, 2.45) is 0 Å². The van der Waals surface area contributed by atoms with Gasteiger partial charge in [0.1, 0.15) is 12.0 Å². The molecule has 106 valence electrons. The molecular weight excluding hydrogens is 303 g/mol. The fourth-order valence-corrected chi connectivity index (χ4v) is 1.98. The van der Waals surface area contributed by atoms with Gasteiger partial charge in [-0.25, -0.2) is 0 Å². The predicted octanol–water partition coefficient (Wildman–Crippen LogP) is 3.78. The van der Waals surface area contributed by atoms with Gasteiger partial charge in [0.25, 0.3) is 5.91 Å². The molecule has 1 N–H and O–H groups in total. The number of rotatable bonds is 5. The Morgan fingerprint density at radius 2 is 2.25 bits per heavy atom. The van der Waals surface area contributed by atoms with Crippen LogP contribution in [0.3, 0.4) is 0 Å². The van der Waals surface area contributed by atoms with Crippen LogP contribution < -0.4 is 10.1 Å². The summed E-state index contributed by atoms with van der Waals surface area (Å²) in [6, 6.07) is 6.36. The number of carbonyl (C=O) groups is 1. The monoisotopic (exact) mass is 314 g/mol. The van der Waals surface area contributed by atoms with E-state index in [1.54, 1.807) is 24.3 Å². The third-order valence-corrected chi connectivity index (χ3v) is 3.05. The Morgan fingerprint density at radius 1 is 1.45 bits per heavy atom. The summed E-state index contributed by atoms with van der Waals surface area (Å²) in [5, 5.41) is 7.04. The summed E-state index contributed by atoms with van der Waals surface area (Å²) in [5.74, 6) is 0.407. The van der Waals surface area contributed by atoms with E-state index in [1.807, 2.05) is 6.92 Å². The predicted molar refractivity (Wildman–Crippen MR) is 76.3 cm³/mol. The minimum absolute atomic E-state index is 0.326. The van der Waals surface area contributed by atoms with Gasteiger partial charge in [0.2, 0.25) is 0 Å². The molecule has 7 heteroatoms. The molecule has 1 heterocycles. The van der Waals surface area contributed by atoms with Crippen LogP contribution in [0.2, 0.25) is 10.0 Å². The zero-order valence-corrected chi connectivity index (χ0v) is 12.1. The van der Waals surface area contributed by atoms with E-state index >= 15 is 0 Å². The molecule has 0 saturated carbocycles. The second-order valence-corrected chi connectivity index (χ2v) is 4.81. The van der Waals surface area contributed by atoms with Crippen molar-refractivity contribution in [3.8, 4) is 5.75 Å². The van der Waals surface area contributed by atoms with E-state index in [1.165, 1.54) is 6.26 Å². The Kier molecular flexibility index (Phi) is 4.87. The first-order valence-corrected chi connectivity index (χ1v) is 6.68. The highest BCUT2D eigenvalue weighted by Crippen LogP contribution is 2.28. The van der Waals surface area contributed by atoms with Gasteiger partial charge in [-0.3, -0.25) is 4.79 Å². The van der Waals surface area contributed by atoms with Crippen molar-refractivity contribution in [3.05, 3.63) is 40.6 Å². The Bertz CT molecular complexity index is 587. The maximum Gasteiger partial charge on any atom is 0.266 e. The number of aromatic nitrogens is 1. The highest BCUT2D eigenvalue weighted by Gasteiger charge is 2.20. The fraction of sp³-hybridized carbons (Fsp3) is 0.231. The first-order chi connectivity index (χ1) is 9.60. The standard InChI is InChI=1S/C13H12Cl2N2O3/c1-2-10(13(18)16-12-5-6-19-17-12)20-11-4-3-8(14)7-9(11)15/h3-7,10H,2H2,1H3,(H,16,17,18)/t10-/m0/s1. The minimum atomic E-state index is -0.689. The number of hydrogen-bond donors (Lipinski definition) is 1. The average molecular weight is 315 g/mol. The van der Waals surface area contributed by atoms with Gasteiger partial charge in [-0.05, 0) is 24.6 Å². The quantitative estimate of drug-likeness (QED) is 0.912. The highest BCUT2D eigenvalue weighted by molar-refractivity contribution is 6.35. The number of amides is 1. The number of benzene rings is 1. The van der Waals surface area contributed by atoms with Crippen LogP contribution >= 0.6 is 23.2 Å². The lowest BCUT2D eigenvalue weighted by atomic mass is 10.2. The molecule has 0 radical (unpaired) electrons. The van der Waals surface area contributed by atoms with E-state index < -0.39 is 6.10 Å². The first-order valence-electron chi connectivity index (χ1n) is 5.93. The molecule has 0 saturated heterocycles. The van der Waals surface area contributed by atoms with Crippen molar-refractivity contribution in [1.82, 2.24) is 5.16 Å². The Morgan fingerprint density at radius 3 is 2.85 bits per heavy atom. The molecule has 1 aromatic carbocycles. The van der Waals surface area contributed by atoms with E-state index in [-0.39, 0.29) is 5.91 Å². The first kappa shape index (κ1) is 14.7. The van der Waals surface area contributed by atoms with Crippen molar-refractivity contribution in [2.45, 2.75) is 19.4 Å². The summed E-state index contributed by atoms with van der Waals surface area (Å²) in [6.07, 6.45) is 1.15. The van der Waals surface area contributed by atoms with E-state index in [4.69, 9.17) is 27.9 Å². The number of halogens is 2. The molecule has 0 aliphatic rings. The molecule has 5 nitrogen and oxygen atoms in total. The van der Waals surface area contributed by atoms with Crippen molar-refractivity contribution in [2.75, 3.05) is 5.32 Å². The fourth-order valence-electron chi connectivity index (χ4n) is 1.53. The summed E-state index contributed by atoms with van der Waals surface area (Å²) in [6.45, 7) is 1.83. The molecule has 0 aliphatic carbocycles. The van der Waals surface area contributed by atoms with Gasteiger partial charge in [0.05, 0.1) is 5.02 Å². The minimum Gasteiger partial charge on any atom is -0.479 e. The van der Waals surface area contributed by atoms with Crippen molar-refractivity contribution in [1.29, 1.82) is 0 Å². The largest absolute Gasteiger partial charge is 0.479 e. The van der Waals surface area contributed by atoms with Gasteiger partial charge in [-0.1, -0.05) is 35.3 Å². The molecule has 0 unspecified atom stereocenters. The van der Waals surface area contributed by atoms with Crippen LogP contribution in [0.4, 0.5) is 5.82 Å². The number of nitrogens with zero attached hydrogens (tertiary/aromatic N) is 1. The molecule has 0 fully saturated rings. The van der Waals surface area contributed by atoms with Crippen LogP contribution in [0.25, 0.3) is 0 Å². The summed E-state index contributed by atoms with van der Waals surface area (Å²) in [7, 11) is 0. The van der Waals surface area contributed by atoms with E-state index in [9.17, 15) is 4.79 Å². The normalized spacial score (nSPS) is 11.9. The van der Waals surface area contributed by atoms with Gasteiger partial charge in [-0.2, -0.15) is 0 Å². The molecule has 1 atom stereocenters. The number of ether oxygens (including phenoxy) is 1. The lowest BCUT2D eigenvalue weighted by Gasteiger charge is -2.17. The van der Waals surface area contributed by atoms with Crippen LogP contribution in [0.1, 0.15) is 13.3 Å². The van der Waals surface area contributed by atoms with Gasteiger partial charge in [0.15, 0.2) is 11.9 Å². The zero-order valence-electron chi connectivity index (χ0n) is 10.6. The van der Waals surface area contributed by atoms with Crippen molar-refractivity contribution < 1.29 is 14.1 Å². The Balaban J connectivity index is 2.06. The van der Waals surface area contributed by atoms with Gasteiger partial charge in [0, 0.05) is 11.1 Å². The SMILES string of the molecule is CC[C@H](Oc1ccc(Cl)cc1Cl)C(=O)Nc1ccon1. The van der Waals surface area contributed by atoms with E-state index in [0.717, 1.165) is 0 Å². The van der Waals surface area contributed by atoms with Gasteiger partial charge >= 0.3 is 0 Å². The topological polar surface area (TPSA) is 64.4 Å². The number of carbonyl (C=O) groups excluding carboxylic acids is 1. The summed E-state index contributed by atoms with van der Waals surface area (Å²) < 4.78 is 10.2. The Labute approximate surface area is 125 Å². The molecular formula is C13H12Cl2N2O3. The number of anilines is 1. The van der Waals surface area contributed by atoms with Crippen molar-refractivity contribution >= 4 is 34.9 Å². The molecule has 2 rings (SSSR count). The maximum atomic E-state index is 12.0. The summed E-state index contributed by atoms with van der Waals surface area (Å²) in [4.78, 5) is 12.0. The molecule has 0 bridgehead atoms. The molecule has 1 amide bonds. The second kappa shape index (κ2) is 6.63. The van der Waals surface area contributed by atoms with Crippen LogP contribution in [-0.2, 0) is 4.79 Å². The zero-order chi connectivity index (χ0) is 14.5. The molecule has 20 heavy (non-hydrogen) atoms. The second-order valence-electron chi connectivity index (χ2n) is 3.96. The summed E-state index contributed by atoms with van der Waals surface area (Å²) in [5.41, 5.74) is 0. The van der Waals surface area contributed by atoms with Crippen LogP contribution in [0, 0.1) is 0 Å². The molecule has 1 aromatic heterocycles. The van der Waals surface area contributed by atoms with Gasteiger partial charge < -0.3 is 14.6 Å². The van der Waals surface area contributed by atoms with Gasteiger partial charge in [-0.15, -0.1) is 0 Å². The highest BCUT2D eigenvalue weighted by atomic mass is 35.5. The summed E-state index contributed by atoms with van der Waals surface area (Å²) >= 11 is 11.8. The van der Waals surface area contributed by atoms with Crippen molar-refractivity contribution in [3.63, 3.8) is 0 Å². The van der Waals surface area contributed by atoms with Crippen LogP contribution in [0.15, 0.2) is 35.1 Å². The lowest BCUT2D eigenvalue weighted by Crippen LogP contribution is -2.32. The van der Waals surface area contributed by atoms with E-state index in [2.05, 4.69) is 15.0 Å². The maximum absolute atomic E-state index is 12.0. The third kappa shape index (κ3) is 3.65. The van der Waals surface area contributed by atoms with E-state index in [0.29, 0.717) is 28.0 Å². The third-order valence-electron chi connectivity index (χ3n) is 2.52. The molecule has 0 spiro atoms. The molecule has 0 aliphatic heterocycles. The molecule has 2 aromatic rings. The Hall–Kier alpha value is -1.72. The average Bonchev–Trinajstić information content (AvgIpc) is 2.90. The smallest absolute Gasteiger partial charge is 0.266 e. The number of nitrogens with one attached hydrogen (secondary N) is 1.